The van der Waals surface area contributed by atoms with Crippen LogP contribution in [0.1, 0.15) is 6.42 Å². The summed E-state index contributed by atoms with van der Waals surface area (Å²) in [6.07, 6.45) is -2.22. The average Bonchev–Trinajstić information content (AvgIpc) is 2.63. The second-order valence-electron chi connectivity index (χ2n) is 4.22. The molecule has 1 aromatic rings. The van der Waals surface area contributed by atoms with Gasteiger partial charge in [-0.3, -0.25) is 0 Å². The predicted octanol–water partition coefficient (Wildman–Crippen LogP) is 1.56. The fourth-order valence-corrected chi connectivity index (χ4v) is 1.92. The molecule has 0 saturated carbocycles. The van der Waals surface area contributed by atoms with Crippen molar-refractivity contribution in [2.24, 2.45) is 5.73 Å². The summed E-state index contributed by atoms with van der Waals surface area (Å²) in [7, 11) is 0. The van der Waals surface area contributed by atoms with Crippen molar-refractivity contribution in [2.75, 3.05) is 18.0 Å². The summed E-state index contributed by atoms with van der Waals surface area (Å²) in [4.78, 5) is 1.81. The second kappa shape index (κ2) is 3.90. The number of alkyl halides is 2. The van der Waals surface area contributed by atoms with Gasteiger partial charge in [-0.05, 0) is 30.7 Å². The van der Waals surface area contributed by atoms with Crippen molar-refractivity contribution in [3.63, 3.8) is 0 Å². The number of halogens is 2. The van der Waals surface area contributed by atoms with Crippen LogP contribution in [0.5, 0.6) is 5.75 Å². The number of aromatic hydroxyl groups is 1. The normalized spacial score (nSPS) is 25.4. The van der Waals surface area contributed by atoms with E-state index < -0.39 is 12.0 Å². The summed E-state index contributed by atoms with van der Waals surface area (Å²) in [5, 5.41) is 9.13. The third-order valence-electron chi connectivity index (χ3n) is 2.98. The number of anilines is 1. The molecule has 5 heteroatoms. The molecule has 0 aromatic heterocycles. The summed E-state index contributed by atoms with van der Waals surface area (Å²) in [5.41, 5.74) is 5.02. The highest BCUT2D eigenvalue weighted by atomic mass is 19.3. The summed E-state index contributed by atoms with van der Waals surface area (Å²) < 4.78 is 25.4. The highest BCUT2D eigenvalue weighted by Crippen LogP contribution is 2.30. The molecule has 3 N–H and O–H groups in total. The number of nitrogens with zero attached hydrogens (tertiary/aromatic N) is 1. The quantitative estimate of drug-likeness (QED) is 0.807. The van der Waals surface area contributed by atoms with Crippen LogP contribution in [0, 0.1) is 0 Å². The second-order valence-corrected chi connectivity index (χ2v) is 4.22. The summed E-state index contributed by atoms with van der Waals surface area (Å²) in [5.74, 6) is 0.163. The van der Waals surface area contributed by atoms with Crippen molar-refractivity contribution in [3.8, 4) is 5.75 Å². The SMILES string of the molecule is NC1(C(F)F)CCN(c2ccc(O)cc2)C1. The minimum absolute atomic E-state index is 0.148. The van der Waals surface area contributed by atoms with Crippen LogP contribution in [0.2, 0.25) is 0 Å². The van der Waals surface area contributed by atoms with Gasteiger partial charge in [-0.15, -0.1) is 0 Å². The van der Waals surface area contributed by atoms with Crippen molar-refractivity contribution in [1.82, 2.24) is 0 Å². The van der Waals surface area contributed by atoms with Gasteiger partial charge in [0.1, 0.15) is 5.75 Å². The lowest BCUT2D eigenvalue weighted by Crippen LogP contribution is -2.49. The van der Waals surface area contributed by atoms with E-state index in [1.807, 2.05) is 4.90 Å². The fourth-order valence-electron chi connectivity index (χ4n) is 1.92. The van der Waals surface area contributed by atoms with Crippen LogP contribution in [-0.2, 0) is 0 Å². The molecule has 1 saturated heterocycles. The Morgan fingerprint density at radius 1 is 1.31 bits per heavy atom. The lowest BCUT2D eigenvalue weighted by atomic mass is 10.0. The van der Waals surface area contributed by atoms with Gasteiger partial charge in [0.05, 0.1) is 5.54 Å². The minimum Gasteiger partial charge on any atom is -0.508 e. The molecule has 2 rings (SSSR count). The zero-order chi connectivity index (χ0) is 11.8. The van der Waals surface area contributed by atoms with Gasteiger partial charge in [-0.2, -0.15) is 0 Å². The van der Waals surface area contributed by atoms with Crippen LogP contribution < -0.4 is 10.6 Å². The van der Waals surface area contributed by atoms with Gasteiger partial charge in [-0.25, -0.2) is 8.78 Å². The molecule has 3 nitrogen and oxygen atoms in total. The fraction of sp³-hybridized carbons (Fsp3) is 0.455. The third-order valence-corrected chi connectivity index (χ3v) is 2.98. The van der Waals surface area contributed by atoms with E-state index in [1.165, 1.54) is 12.1 Å². The molecule has 0 bridgehead atoms. The molecule has 0 amide bonds. The Morgan fingerprint density at radius 3 is 2.44 bits per heavy atom. The third kappa shape index (κ3) is 1.95. The molecule has 1 aliphatic rings. The Balaban J connectivity index is 2.12. The monoisotopic (exact) mass is 228 g/mol. The van der Waals surface area contributed by atoms with E-state index in [1.54, 1.807) is 12.1 Å². The first-order valence-corrected chi connectivity index (χ1v) is 5.12. The Labute approximate surface area is 92.5 Å². The van der Waals surface area contributed by atoms with Gasteiger partial charge in [0, 0.05) is 18.8 Å². The van der Waals surface area contributed by atoms with Crippen molar-refractivity contribution in [3.05, 3.63) is 24.3 Å². The number of rotatable bonds is 2. The highest BCUT2D eigenvalue weighted by molar-refractivity contribution is 5.50. The van der Waals surface area contributed by atoms with E-state index in [4.69, 9.17) is 10.8 Å². The van der Waals surface area contributed by atoms with Crippen molar-refractivity contribution in [1.29, 1.82) is 0 Å². The maximum atomic E-state index is 12.7. The largest absolute Gasteiger partial charge is 0.508 e. The van der Waals surface area contributed by atoms with E-state index in [9.17, 15) is 8.78 Å². The van der Waals surface area contributed by atoms with Crippen molar-refractivity contribution in [2.45, 2.75) is 18.4 Å². The lowest BCUT2D eigenvalue weighted by Gasteiger charge is -2.24. The number of hydrogen-bond donors (Lipinski definition) is 2. The highest BCUT2D eigenvalue weighted by Gasteiger charge is 2.42. The number of benzene rings is 1. The number of hydrogen-bond acceptors (Lipinski definition) is 3. The van der Waals surface area contributed by atoms with E-state index in [-0.39, 0.29) is 18.7 Å². The smallest absolute Gasteiger partial charge is 0.258 e. The molecule has 1 heterocycles. The van der Waals surface area contributed by atoms with Crippen LogP contribution in [0.25, 0.3) is 0 Å². The standard InChI is InChI=1S/C11H14F2N2O/c12-10(13)11(14)5-6-15(7-11)8-1-3-9(16)4-2-8/h1-4,10,16H,5-7,14H2. The van der Waals surface area contributed by atoms with Gasteiger partial charge in [0.2, 0.25) is 0 Å². The van der Waals surface area contributed by atoms with Crippen molar-refractivity contribution < 1.29 is 13.9 Å². The van der Waals surface area contributed by atoms with Crippen LogP contribution in [-0.4, -0.2) is 30.2 Å². The summed E-state index contributed by atoms with van der Waals surface area (Å²) in [6, 6.07) is 6.47. The van der Waals surface area contributed by atoms with E-state index in [0.29, 0.717) is 6.54 Å². The minimum atomic E-state index is -2.50. The molecule has 0 spiro atoms. The zero-order valence-electron chi connectivity index (χ0n) is 8.74. The maximum absolute atomic E-state index is 12.7. The molecular formula is C11H14F2N2O. The number of nitrogens with two attached hydrogens (primary N) is 1. The molecule has 1 fully saturated rings. The van der Waals surface area contributed by atoms with Crippen LogP contribution in [0.4, 0.5) is 14.5 Å². The van der Waals surface area contributed by atoms with E-state index in [2.05, 4.69) is 0 Å². The predicted molar refractivity (Wildman–Crippen MR) is 57.9 cm³/mol. The summed E-state index contributed by atoms with van der Waals surface area (Å²) >= 11 is 0. The average molecular weight is 228 g/mol. The van der Waals surface area contributed by atoms with Crippen LogP contribution in [0.15, 0.2) is 24.3 Å². The zero-order valence-corrected chi connectivity index (χ0v) is 8.74. The maximum Gasteiger partial charge on any atom is 0.258 e. The van der Waals surface area contributed by atoms with Gasteiger partial charge >= 0.3 is 0 Å². The molecule has 0 radical (unpaired) electrons. The Morgan fingerprint density at radius 2 is 1.94 bits per heavy atom. The van der Waals surface area contributed by atoms with Gasteiger partial charge < -0.3 is 15.7 Å². The molecule has 16 heavy (non-hydrogen) atoms. The lowest BCUT2D eigenvalue weighted by molar-refractivity contribution is 0.0655. The van der Waals surface area contributed by atoms with Crippen LogP contribution >= 0.6 is 0 Å². The Bertz CT molecular complexity index is 369. The first kappa shape index (κ1) is 11.1. The molecule has 88 valence electrons. The first-order valence-electron chi connectivity index (χ1n) is 5.12. The van der Waals surface area contributed by atoms with E-state index in [0.717, 1.165) is 5.69 Å². The molecule has 1 atom stereocenters. The topological polar surface area (TPSA) is 49.5 Å². The van der Waals surface area contributed by atoms with Gasteiger partial charge in [0.25, 0.3) is 6.43 Å². The Kier molecular flexibility index (Phi) is 2.71. The molecule has 1 aromatic carbocycles. The Hall–Kier alpha value is -1.36. The molecule has 1 aliphatic heterocycles. The summed E-state index contributed by atoms with van der Waals surface area (Å²) in [6.45, 7) is 0.668. The molecule has 0 aliphatic carbocycles. The molecular weight excluding hydrogens is 214 g/mol. The first-order chi connectivity index (χ1) is 7.51. The van der Waals surface area contributed by atoms with E-state index >= 15 is 0 Å². The van der Waals surface area contributed by atoms with Gasteiger partial charge in [-0.1, -0.05) is 0 Å². The molecule has 1 unspecified atom stereocenters. The van der Waals surface area contributed by atoms with Gasteiger partial charge in [0.15, 0.2) is 0 Å². The number of phenolic OH excluding ortho intramolecular Hbond substituents is 1. The van der Waals surface area contributed by atoms with Crippen molar-refractivity contribution >= 4 is 5.69 Å². The number of phenols is 1. The van der Waals surface area contributed by atoms with Crippen LogP contribution in [0.3, 0.4) is 0 Å².